The van der Waals surface area contributed by atoms with Crippen LogP contribution in [0.5, 0.6) is 0 Å². The van der Waals surface area contributed by atoms with Crippen LogP contribution in [0.25, 0.3) is 0 Å². The zero-order chi connectivity index (χ0) is 11.8. The summed E-state index contributed by atoms with van der Waals surface area (Å²) in [5, 5.41) is 0.536. The van der Waals surface area contributed by atoms with Gasteiger partial charge >= 0.3 is 7.11 Å². The van der Waals surface area contributed by atoms with Gasteiger partial charge in [0, 0.05) is 5.02 Å². The van der Waals surface area contributed by atoms with E-state index in [-0.39, 0.29) is 11.5 Å². The molecule has 84 valence electrons. The second-order valence-electron chi connectivity index (χ2n) is 3.40. The number of allylic oxidation sites excluding steroid dienone is 2. The maximum atomic E-state index is 13.0. The molecule has 0 aliphatic carbocycles. The molecule has 1 aliphatic heterocycles. The highest BCUT2D eigenvalue weighted by molar-refractivity contribution is 6.51. The normalized spacial score (nSPS) is 18.5. The average molecular weight is 244 g/mol. The minimum atomic E-state index is -4.26. The number of carbonyl (C=O) groups excluding carboxylic acids is 1. The molecule has 0 saturated heterocycles. The van der Waals surface area contributed by atoms with Crippen LogP contribution < -0.4 is 0 Å². The summed E-state index contributed by atoms with van der Waals surface area (Å²) in [4.78, 5) is 0. The number of rotatable bonds is 1. The van der Waals surface area contributed by atoms with Gasteiger partial charge < -0.3 is 17.6 Å². The van der Waals surface area contributed by atoms with Gasteiger partial charge in [-0.3, -0.25) is 0 Å². The van der Waals surface area contributed by atoms with Gasteiger partial charge in [-0.2, -0.15) is 0 Å². The lowest BCUT2D eigenvalue weighted by atomic mass is 10.1. The maximum Gasteiger partial charge on any atom is 0.994 e. The second kappa shape index (κ2) is 3.90. The molecule has 1 aliphatic rings. The van der Waals surface area contributed by atoms with Gasteiger partial charge in [0.1, 0.15) is 0 Å². The molecule has 0 atom stereocenters. The minimum absolute atomic E-state index is 0.0883. The number of halogens is 3. The molecule has 1 aromatic carbocycles. The molecule has 16 heavy (non-hydrogen) atoms. The Balaban J connectivity index is 2.40. The van der Waals surface area contributed by atoms with Gasteiger partial charge in [-0.1, -0.05) is 11.6 Å². The highest BCUT2D eigenvalue weighted by Gasteiger charge is 2.52. The lowest BCUT2D eigenvalue weighted by Gasteiger charge is -2.16. The fourth-order valence-corrected chi connectivity index (χ4v) is 1.53. The minimum Gasteiger partial charge on any atom is -0.572 e. The smallest absolute Gasteiger partial charge is 0.572 e. The van der Waals surface area contributed by atoms with Crippen molar-refractivity contribution in [1.29, 1.82) is 0 Å². The summed E-state index contributed by atoms with van der Waals surface area (Å²) >= 11 is 5.70. The van der Waals surface area contributed by atoms with E-state index >= 15 is 0 Å². The number of ketones is 1. The Kier molecular flexibility index (Phi) is 2.72. The first-order chi connectivity index (χ1) is 7.46. The van der Waals surface area contributed by atoms with Crippen LogP contribution in [0.1, 0.15) is 16.8 Å². The molecule has 0 N–H and O–H groups in total. The van der Waals surface area contributed by atoms with Crippen molar-refractivity contribution >= 4 is 24.5 Å². The molecule has 0 spiro atoms. The molecule has 0 saturated carbocycles. The summed E-state index contributed by atoms with van der Waals surface area (Å²) in [5.41, 5.74) is 0.536. The summed E-state index contributed by atoms with van der Waals surface area (Å²) in [7, 11) is -4.26. The van der Waals surface area contributed by atoms with E-state index in [0.717, 1.165) is 0 Å². The van der Waals surface area contributed by atoms with Crippen LogP contribution in [0.15, 0.2) is 36.1 Å². The first kappa shape index (κ1) is 11.1. The Labute approximate surface area is 96.3 Å². The van der Waals surface area contributed by atoms with Gasteiger partial charge in [-0.05, 0) is 31.2 Å². The van der Waals surface area contributed by atoms with Gasteiger partial charge in [-0.15, -0.1) is 0 Å². The average Bonchev–Trinajstić information content (AvgIpc) is 2.15. The molecule has 0 radical (unpaired) electrons. The van der Waals surface area contributed by atoms with Gasteiger partial charge in [0.25, 0.3) is 5.78 Å². The molecule has 0 aromatic heterocycles. The summed E-state index contributed by atoms with van der Waals surface area (Å²) in [5.74, 6) is 0.214. The second-order valence-corrected chi connectivity index (χ2v) is 3.83. The first-order valence-corrected chi connectivity index (χ1v) is 5.03. The molecule has 0 bridgehead atoms. The van der Waals surface area contributed by atoms with E-state index < -0.39 is 7.11 Å². The number of hydrogen-bond donors (Lipinski definition) is 0. The predicted molar refractivity (Wildman–Crippen MR) is 58.6 cm³/mol. The van der Waals surface area contributed by atoms with Crippen LogP contribution in [-0.2, 0) is 4.65 Å². The lowest BCUT2D eigenvalue weighted by molar-refractivity contribution is -0.189. The fourth-order valence-electron chi connectivity index (χ4n) is 1.41. The van der Waals surface area contributed by atoms with E-state index in [4.69, 9.17) is 11.6 Å². The van der Waals surface area contributed by atoms with E-state index in [2.05, 4.69) is 9.00 Å². The van der Waals surface area contributed by atoms with E-state index in [0.29, 0.717) is 10.6 Å². The van der Waals surface area contributed by atoms with Crippen LogP contribution in [0.4, 0.5) is 8.63 Å². The number of hydrogen-bond acceptors (Lipinski definition) is 1. The molecular formula is C10H8BClF2O2. The van der Waals surface area contributed by atoms with E-state index in [1.165, 1.54) is 13.0 Å². The van der Waals surface area contributed by atoms with Crippen molar-refractivity contribution in [2.45, 2.75) is 6.92 Å². The fraction of sp³-hybridized carbons (Fsp3) is 0.100. The van der Waals surface area contributed by atoms with Crippen molar-refractivity contribution in [1.82, 2.24) is 0 Å². The van der Waals surface area contributed by atoms with Crippen molar-refractivity contribution < 1.29 is 17.6 Å². The van der Waals surface area contributed by atoms with Gasteiger partial charge in [-0.25, -0.2) is 0 Å². The summed E-state index contributed by atoms with van der Waals surface area (Å²) < 4.78 is 34.7. The van der Waals surface area contributed by atoms with E-state index in [1.807, 2.05) is 0 Å². The molecule has 6 heteroatoms. The topological polar surface area (TPSA) is 20.5 Å². The Morgan fingerprint density at radius 2 is 1.88 bits per heavy atom. The highest BCUT2D eigenvalue weighted by atomic mass is 35.5. The van der Waals surface area contributed by atoms with Gasteiger partial charge in [0.2, 0.25) is 0 Å². The Hall–Kier alpha value is -1.36. The summed E-state index contributed by atoms with van der Waals surface area (Å²) in [6.07, 6.45) is 1.42. The Bertz CT molecular complexity index is 468. The lowest BCUT2D eigenvalue weighted by Crippen LogP contribution is -2.30. The van der Waals surface area contributed by atoms with Crippen LogP contribution in [0.3, 0.4) is 0 Å². The molecule has 2 nitrogen and oxygen atoms in total. The van der Waals surface area contributed by atoms with Crippen LogP contribution in [-0.4, -0.2) is 12.9 Å². The third-order valence-corrected chi connectivity index (χ3v) is 2.30. The number of benzene rings is 1. The standard InChI is InChI=1S/C10H8BClF2O2/c1-7-6-10(16-11(13,14)15-7)8-2-4-9(12)5-3-8/h2-6H,1H3. The first-order valence-electron chi connectivity index (χ1n) is 4.65. The van der Waals surface area contributed by atoms with Crippen molar-refractivity contribution in [2.24, 2.45) is 0 Å². The Morgan fingerprint density at radius 3 is 2.44 bits per heavy atom. The van der Waals surface area contributed by atoms with Crippen LogP contribution >= 0.6 is 11.6 Å². The zero-order valence-corrected chi connectivity index (χ0v) is 9.17. The highest BCUT2D eigenvalue weighted by Crippen LogP contribution is 2.22. The molecular weight excluding hydrogens is 236 g/mol. The van der Waals surface area contributed by atoms with Crippen molar-refractivity contribution in [3.8, 4) is 0 Å². The van der Waals surface area contributed by atoms with E-state index in [9.17, 15) is 8.63 Å². The molecule has 0 unspecified atom stereocenters. The third-order valence-electron chi connectivity index (χ3n) is 2.05. The predicted octanol–water partition coefficient (Wildman–Crippen LogP) is 3.37. The third kappa shape index (κ3) is 2.42. The quantitative estimate of drug-likeness (QED) is 0.548. The van der Waals surface area contributed by atoms with Crippen molar-refractivity contribution in [2.75, 3.05) is 0 Å². The maximum absolute atomic E-state index is 13.0. The van der Waals surface area contributed by atoms with Gasteiger partial charge in [0.05, 0.1) is 17.4 Å². The molecule has 0 amide bonds. The molecule has 1 aromatic rings. The summed E-state index contributed by atoms with van der Waals surface area (Å²) in [6, 6.07) is 6.44. The SMILES string of the molecule is CC1=CC(c2ccc(Cl)cc2)=[O+][B-](F)(F)O1. The van der Waals surface area contributed by atoms with Crippen LogP contribution in [0, 0.1) is 0 Å². The molecule has 0 fully saturated rings. The van der Waals surface area contributed by atoms with Crippen LogP contribution in [0.2, 0.25) is 5.02 Å². The van der Waals surface area contributed by atoms with Gasteiger partial charge in [0.15, 0.2) is 0 Å². The largest absolute Gasteiger partial charge is 0.994 e. The molecule has 2 rings (SSSR count). The van der Waals surface area contributed by atoms with Crippen molar-refractivity contribution in [3.63, 3.8) is 0 Å². The molecule has 1 heterocycles. The Morgan fingerprint density at radius 1 is 1.25 bits per heavy atom. The van der Waals surface area contributed by atoms with E-state index in [1.54, 1.807) is 24.3 Å². The monoisotopic (exact) mass is 244 g/mol. The van der Waals surface area contributed by atoms with Crippen molar-refractivity contribution in [3.05, 3.63) is 46.7 Å². The zero-order valence-electron chi connectivity index (χ0n) is 8.41. The summed E-state index contributed by atoms with van der Waals surface area (Å²) in [6.45, 7) is 1.45.